The summed E-state index contributed by atoms with van der Waals surface area (Å²) in [7, 11) is 0. The zero-order valence-corrected chi connectivity index (χ0v) is 13.5. The molecule has 1 aromatic heterocycles. The topological polar surface area (TPSA) is 45.2 Å². The molecule has 1 aromatic carbocycles. The maximum absolute atomic E-state index is 11.9. The van der Waals surface area contributed by atoms with E-state index in [4.69, 9.17) is 0 Å². The van der Waals surface area contributed by atoms with Gasteiger partial charge in [-0.05, 0) is 31.0 Å². The molecule has 1 fully saturated rings. The Labute approximate surface area is 130 Å². The van der Waals surface area contributed by atoms with Crippen LogP contribution >= 0.6 is 27.3 Å². The molecule has 1 N–H and O–H groups in total. The summed E-state index contributed by atoms with van der Waals surface area (Å²) in [5.74, 6) is 0.249. The first-order chi connectivity index (χ1) is 9.72. The fourth-order valence-corrected chi connectivity index (χ4v) is 3.82. The Morgan fingerprint density at radius 2 is 2.20 bits per heavy atom. The number of rotatable bonds is 4. The fraction of sp³-hybridized carbons (Fsp3) is 0.429. The van der Waals surface area contributed by atoms with Crippen molar-refractivity contribution in [3.63, 3.8) is 0 Å². The van der Waals surface area contributed by atoms with Crippen LogP contribution in [-0.2, 0) is 4.79 Å². The van der Waals surface area contributed by atoms with Gasteiger partial charge in [-0.1, -0.05) is 27.3 Å². The van der Waals surface area contributed by atoms with Gasteiger partial charge >= 0.3 is 0 Å². The lowest BCUT2D eigenvalue weighted by Gasteiger charge is -2.14. The number of amides is 1. The molecular formula is C14H16BrN3OS. The lowest BCUT2D eigenvalue weighted by atomic mass is 10.3. The highest BCUT2D eigenvalue weighted by Crippen LogP contribution is 2.28. The number of likely N-dealkylation sites (tertiary alicyclic amines) is 1. The average Bonchev–Trinajstić information content (AvgIpc) is 3.06. The van der Waals surface area contributed by atoms with Crippen molar-refractivity contribution >= 4 is 48.5 Å². The van der Waals surface area contributed by atoms with Crippen molar-refractivity contribution in [2.75, 3.05) is 25.0 Å². The number of carbonyl (C=O) groups is 1. The van der Waals surface area contributed by atoms with Gasteiger partial charge in [-0.2, -0.15) is 0 Å². The Morgan fingerprint density at radius 3 is 3.00 bits per heavy atom. The van der Waals surface area contributed by atoms with E-state index >= 15 is 0 Å². The van der Waals surface area contributed by atoms with Crippen molar-refractivity contribution in [2.45, 2.75) is 19.3 Å². The lowest BCUT2D eigenvalue weighted by Crippen LogP contribution is -2.29. The van der Waals surface area contributed by atoms with Crippen LogP contribution in [0.25, 0.3) is 10.2 Å². The second-order valence-electron chi connectivity index (χ2n) is 4.90. The van der Waals surface area contributed by atoms with Gasteiger partial charge in [-0.3, -0.25) is 4.79 Å². The minimum Gasteiger partial charge on any atom is -0.361 e. The Morgan fingerprint density at radius 1 is 1.40 bits per heavy atom. The van der Waals surface area contributed by atoms with E-state index in [2.05, 4.69) is 32.3 Å². The average molecular weight is 354 g/mol. The number of halogens is 1. The molecule has 0 atom stereocenters. The maximum Gasteiger partial charge on any atom is 0.224 e. The molecule has 2 aromatic rings. The van der Waals surface area contributed by atoms with Gasteiger partial charge in [0, 0.05) is 30.5 Å². The normalized spacial score (nSPS) is 14.9. The molecule has 20 heavy (non-hydrogen) atoms. The van der Waals surface area contributed by atoms with E-state index in [1.165, 1.54) is 0 Å². The first kappa shape index (κ1) is 13.8. The van der Waals surface area contributed by atoms with E-state index in [-0.39, 0.29) is 5.91 Å². The lowest BCUT2D eigenvalue weighted by molar-refractivity contribution is -0.129. The maximum atomic E-state index is 11.9. The molecule has 0 unspecified atom stereocenters. The number of thiazole rings is 1. The largest absolute Gasteiger partial charge is 0.361 e. The number of anilines is 1. The van der Waals surface area contributed by atoms with E-state index in [1.54, 1.807) is 11.3 Å². The molecule has 2 heterocycles. The van der Waals surface area contributed by atoms with E-state index < -0.39 is 0 Å². The van der Waals surface area contributed by atoms with E-state index in [9.17, 15) is 4.79 Å². The highest BCUT2D eigenvalue weighted by Gasteiger charge is 2.17. The number of benzene rings is 1. The summed E-state index contributed by atoms with van der Waals surface area (Å²) in [5.41, 5.74) is 0.992. The minimum absolute atomic E-state index is 0.249. The fourth-order valence-electron chi connectivity index (χ4n) is 2.38. The highest BCUT2D eigenvalue weighted by molar-refractivity contribution is 9.10. The number of hydrogen-bond donors (Lipinski definition) is 1. The number of hydrogen-bond acceptors (Lipinski definition) is 4. The number of carbonyl (C=O) groups excluding carboxylic acids is 1. The Bertz CT molecular complexity index is 622. The standard InChI is InChI=1S/C14H16BrN3OS/c15-10-3-4-11-12(9-10)20-14(17-11)16-6-5-13(19)18-7-1-2-8-18/h3-4,9H,1-2,5-8H2,(H,16,17). The summed E-state index contributed by atoms with van der Waals surface area (Å²) in [6, 6.07) is 6.05. The molecular weight excluding hydrogens is 338 g/mol. The summed E-state index contributed by atoms with van der Waals surface area (Å²) < 4.78 is 2.21. The first-order valence-corrected chi connectivity index (χ1v) is 8.41. The third-order valence-corrected chi connectivity index (χ3v) is 4.89. The number of nitrogens with zero attached hydrogens (tertiary/aromatic N) is 2. The van der Waals surface area contributed by atoms with Crippen molar-refractivity contribution in [1.29, 1.82) is 0 Å². The number of nitrogens with one attached hydrogen (secondary N) is 1. The summed E-state index contributed by atoms with van der Waals surface area (Å²) in [4.78, 5) is 18.4. The van der Waals surface area contributed by atoms with E-state index in [0.717, 1.165) is 45.8 Å². The van der Waals surface area contributed by atoms with Gasteiger partial charge in [-0.25, -0.2) is 4.98 Å². The predicted octanol–water partition coefficient (Wildman–Crippen LogP) is 3.48. The third kappa shape index (κ3) is 3.12. The molecule has 6 heteroatoms. The van der Waals surface area contributed by atoms with Gasteiger partial charge in [0.25, 0.3) is 0 Å². The van der Waals surface area contributed by atoms with Crippen molar-refractivity contribution in [2.24, 2.45) is 0 Å². The monoisotopic (exact) mass is 353 g/mol. The van der Waals surface area contributed by atoms with Crippen LogP contribution in [0, 0.1) is 0 Å². The summed E-state index contributed by atoms with van der Waals surface area (Å²) in [6.07, 6.45) is 2.83. The SMILES string of the molecule is O=C(CCNc1nc2ccc(Br)cc2s1)N1CCCC1. The number of fused-ring (bicyclic) bond motifs is 1. The zero-order chi connectivity index (χ0) is 13.9. The molecule has 0 spiro atoms. The van der Waals surface area contributed by atoms with Crippen LogP contribution in [0.15, 0.2) is 22.7 Å². The second-order valence-corrected chi connectivity index (χ2v) is 6.84. The summed E-state index contributed by atoms with van der Waals surface area (Å²) >= 11 is 5.08. The second kappa shape index (κ2) is 6.10. The van der Waals surface area contributed by atoms with Crippen LogP contribution in [0.3, 0.4) is 0 Å². The van der Waals surface area contributed by atoms with Crippen molar-refractivity contribution in [3.05, 3.63) is 22.7 Å². The summed E-state index contributed by atoms with van der Waals surface area (Å²) in [5, 5.41) is 4.13. The van der Waals surface area contributed by atoms with E-state index in [0.29, 0.717) is 13.0 Å². The predicted molar refractivity (Wildman–Crippen MR) is 86.2 cm³/mol. The molecule has 1 amide bonds. The zero-order valence-electron chi connectivity index (χ0n) is 11.1. The molecule has 106 valence electrons. The van der Waals surface area contributed by atoms with Crippen molar-refractivity contribution in [1.82, 2.24) is 9.88 Å². The highest BCUT2D eigenvalue weighted by atomic mass is 79.9. The van der Waals surface area contributed by atoms with Crippen LogP contribution < -0.4 is 5.32 Å². The smallest absolute Gasteiger partial charge is 0.224 e. The molecule has 1 aliphatic heterocycles. The Balaban J connectivity index is 1.55. The van der Waals surface area contributed by atoms with Gasteiger partial charge in [0.05, 0.1) is 10.2 Å². The van der Waals surface area contributed by atoms with Crippen LogP contribution in [0.1, 0.15) is 19.3 Å². The quantitative estimate of drug-likeness (QED) is 0.914. The third-order valence-electron chi connectivity index (χ3n) is 3.42. The van der Waals surface area contributed by atoms with Crippen LogP contribution in [0.4, 0.5) is 5.13 Å². The first-order valence-electron chi connectivity index (χ1n) is 6.80. The minimum atomic E-state index is 0.249. The van der Waals surface area contributed by atoms with Gasteiger partial charge in [0.2, 0.25) is 5.91 Å². The van der Waals surface area contributed by atoms with Gasteiger partial charge in [0.1, 0.15) is 0 Å². The van der Waals surface area contributed by atoms with Crippen LogP contribution in [0.2, 0.25) is 0 Å². The Kier molecular flexibility index (Phi) is 4.21. The number of aromatic nitrogens is 1. The summed E-state index contributed by atoms with van der Waals surface area (Å²) in [6.45, 7) is 2.50. The molecule has 0 bridgehead atoms. The van der Waals surface area contributed by atoms with Crippen LogP contribution in [0.5, 0.6) is 0 Å². The van der Waals surface area contributed by atoms with Gasteiger partial charge in [-0.15, -0.1) is 0 Å². The van der Waals surface area contributed by atoms with Crippen molar-refractivity contribution < 1.29 is 4.79 Å². The molecule has 0 aliphatic carbocycles. The Hall–Kier alpha value is -1.14. The van der Waals surface area contributed by atoms with Crippen LogP contribution in [-0.4, -0.2) is 35.4 Å². The van der Waals surface area contributed by atoms with Crippen molar-refractivity contribution in [3.8, 4) is 0 Å². The van der Waals surface area contributed by atoms with Gasteiger partial charge < -0.3 is 10.2 Å². The molecule has 3 rings (SSSR count). The molecule has 1 aliphatic rings. The molecule has 1 saturated heterocycles. The molecule has 0 saturated carbocycles. The molecule has 4 nitrogen and oxygen atoms in total. The van der Waals surface area contributed by atoms with E-state index in [1.807, 2.05) is 17.0 Å². The van der Waals surface area contributed by atoms with Gasteiger partial charge in [0.15, 0.2) is 5.13 Å². The molecule has 0 radical (unpaired) electrons.